The monoisotopic (exact) mass is 338 g/mol. The number of aryl methyl sites for hydroxylation is 1. The molecule has 1 amide bonds. The Morgan fingerprint density at radius 2 is 2.32 bits per heavy atom. The van der Waals surface area contributed by atoms with Gasteiger partial charge in [-0.2, -0.15) is 20.1 Å². The van der Waals surface area contributed by atoms with E-state index in [-0.39, 0.29) is 17.3 Å². The number of nitrogens with one attached hydrogen (secondary N) is 1. The minimum absolute atomic E-state index is 0.219. The van der Waals surface area contributed by atoms with Gasteiger partial charge in [0.05, 0.1) is 11.9 Å². The zero-order chi connectivity index (χ0) is 15.7. The fraction of sp³-hybridized carbons (Fsp3) is 0.385. The largest absolute Gasteiger partial charge is 0.308 e. The maximum absolute atomic E-state index is 11.6. The number of nitriles is 1. The van der Waals surface area contributed by atoms with Crippen LogP contribution in [0, 0.1) is 11.3 Å². The second-order valence-electron chi connectivity index (χ2n) is 4.88. The van der Waals surface area contributed by atoms with Crippen molar-refractivity contribution in [3.63, 3.8) is 0 Å². The molecule has 2 aromatic rings. The van der Waals surface area contributed by atoms with Crippen LogP contribution in [-0.2, 0) is 17.8 Å². The molecule has 1 aliphatic heterocycles. The lowest BCUT2D eigenvalue weighted by atomic mass is 10.1. The highest BCUT2D eigenvalue weighted by molar-refractivity contribution is 6.33. The number of rotatable bonds is 3. The molecular weight excluding hydrogens is 327 g/mol. The van der Waals surface area contributed by atoms with Gasteiger partial charge in [0, 0.05) is 6.54 Å². The van der Waals surface area contributed by atoms with E-state index in [4.69, 9.17) is 28.5 Å². The molecule has 2 aromatic heterocycles. The Kier molecular flexibility index (Phi) is 4.05. The lowest BCUT2D eigenvalue weighted by Crippen LogP contribution is -2.17. The van der Waals surface area contributed by atoms with Crippen LogP contribution in [0.15, 0.2) is 6.20 Å². The maximum atomic E-state index is 11.6. The molecule has 0 aromatic carbocycles. The molecule has 0 fully saturated rings. The van der Waals surface area contributed by atoms with Crippen LogP contribution in [-0.4, -0.2) is 31.3 Å². The second-order valence-corrected chi connectivity index (χ2v) is 5.52. The van der Waals surface area contributed by atoms with E-state index in [0.29, 0.717) is 10.8 Å². The predicted octanol–water partition coefficient (Wildman–Crippen LogP) is 2.11. The fourth-order valence-corrected chi connectivity index (χ4v) is 2.83. The van der Waals surface area contributed by atoms with E-state index in [1.807, 2.05) is 10.8 Å². The molecule has 9 heteroatoms. The van der Waals surface area contributed by atoms with Crippen LogP contribution in [0.25, 0.3) is 5.82 Å². The zero-order valence-electron chi connectivity index (χ0n) is 11.5. The smallest absolute Gasteiger partial charge is 0.240 e. The number of amides is 1. The minimum Gasteiger partial charge on any atom is -0.308 e. The highest BCUT2D eigenvalue weighted by Crippen LogP contribution is 2.30. The first kappa shape index (κ1) is 14.9. The highest BCUT2D eigenvalue weighted by Gasteiger charge is 2.24. The molecule has 0 radical (unpaired) electrons. The number of hydrogen-bond donors (Lipinski definition) is 1. The summed E-state index contributed by atoms with van der Waals surface area (Å²) in [4.78, 5) is 11.6. The lowest BCUT2D eigenvalue weighted by Gasteiger charge is -2.12. The van der Waals surface area contributed by atoms with Gasteiger partial charge in [0.1, 0.15) is 22.5 Å². The molecule has 7 nitrogen and oxygen atoms in total. The van der Waals surface area contributed by atoms with Crippen LogP contribution in [0.1, 0.15) is 24.1 Å². The predicted molar refractivity (Wildman–Crippen MR) is 81.4 cm³/mol. The topological polar surface area (TPSA) is 88.5 Å². The normalized spacial score (nSPS) is 13.5. The molecule has 0 unspecified atom stereocenters. The van der Waals surface area contributed by atoms with Crippen LogP contribution in [0.4, 0.5) is 5.82 Å². The highest BCUT2D eigenvalue weighted by atomic mass is 35.5. The molecule has 0 saturated heterocycles. The lowest BCUT2D eigenvalue weighted by molar-refractivity contribution is -0.114. The third-order valence-electron chi connectivity index (χ3n) is 3.48. The van der Waals surface area contributed by atoms with Gasteiger partial charge in [-0.25, -0.2) is 0 Å². The Balaban J connectivity index is 2.09. The quantitative estimate of drug-likeness (QED) is 0.868. The van der Waals surface area contributed by atoms with Crippen LogP contribution in [0.5, 0.6) is 0 Å². The number of alkyl halides is 1. The molecule has 0 saturated carbocycles. The standard InChI is InChI=1S/C13H12Cl2N6O/c14-5-10(22)18-12-8(6-16)7-17-21(12)13-11(15)9-3-1-2-4-20(9)19-13/h7H,1-5H2,(H,18,22). The van der Waals surface area contributed by atoms with Crippen molar-refractivity contribution in [2.75, 3.05) is 11.2 Å². The van der Waals surface area contributed by atoms with Crippen LogP contribution < -0.4 is 5.32 Å². The summed E-state index contributed by atoms with van der Waals surface area (Å²) < 4.78 is 3.22. The van der Waals surface area contributed by atoms with Crippen molar-refractivity contribution in [1.82, 2.24) is 19.6 Å². The summed E-state index contributed by atoms with van der Waals surface area (Å²) in [6.07, 6.45) is 4.31. The van der Waals surface area contributed by atoms with Gasteiger partial charge >= 0.3 is 0 Å². The summed E-state index contributed by atoms with van der Waals surface area (Å²) >= 11 is 11.9. The number of hydrogen-bond acceptors (Lipinski definition) is 4. The SMILES string of the molecule is N#Cc1cnn(-c2nn3c(c2Cl)CCCC3)c1NC(=O)CCl. The van der Waals surface area contributed by atoms with Gasteiger partial charge in [0.2, 0.25) is 5.91 Å². The number of carbonyl (C=O) groups excluding carboxylic acids is 1. The molecule has 1 N–H and O–H groups in total. The Morgan fingerprint density at radius 1 is 1.50 bits per heavy atom. The Bertz CT molecular complexity index is 772. The van der Waals surface area contributed by atoms with E-state index in [9.17, 15) is 4.79 Å². The van der Waals surface area contributed by atoms with Gasteiger partial charge < -0.3 is 5.32 Å². The molecule has 22 heavy (non-hydrogen) atoms. The minimum atomic E-state index is -0.431. The van der Waals surface area contributed by atoms with Gasteiger partial charge in [-0.05, 0) is 19.3 Å². The van der Waals surface area contributed by atoms with E-state index in [1.54, 1.807) is 0 Å². The van der Waals surface area contributed by atoms with E-state index in [1.165, 1.54) is 10.9 Å². The Labute approximate surface area is 136 Å². The van der Waals surface area contributed by atoms with Gasteiger partial charge in [-0.3, -0.25) is 9.48 Å². The summed E-state index contributed by atoms with van der Waals surface area (Å²) in [6.45, 7) is 0.796. The van der Waals surface area contributed by atoms with Gasteiger partial charge in [-0.1, -0.05) is 11.6 Å². The maximum Gasteiger partial charge on any atom is 0.240 e. The third-order valence-corrected chi connectivity index (χ3v) is 4.11. The Morgan fingerprint density at radius 3 is 3.00 bits per heavy atom. The van der Waals surface area contributed by atoms with E-state index >= 15 is 0 Å². The number of aromatic nitrogens is 4. The number of fused-ring (bicyclic) bond motifs is 1. The van der Waals surface area contributed by atoms with Crippen LogP contribution >= 0.6 is 23.2 Å². The summed E-state index contributed by atoms with van der Waals surface area (Å²) in [7, 11) is 0. The Hall–Kier alpha value is -2.04. The second kappa shape index (κ2) is 5.99. The average molecular weight is 339 g/mol. The van der Waals surface area contributed by atoms with Gasteiger partial charge in [-0.15, -0.1) is 11.6 Å². The van der Waals surface area contributed by atoms with Crippen LogP contribution in [0.2, 0.25) is 5.02 Å². The van der Waals surface area contributed by atoms with Crippen molar-refractivity contribution in [3.8, 4) is 11.9 Å². The first-order chi connectivity index (χ1) is 10.7. The van der Waals surface area contributed by atoms with E-state index in [0.717, 1.165) is 31.5 Å². The summed E-state index contributed by atoms with van der Waals surface area (Å²) in [6, 6.07) is 1.98. The fourth-order valence-electron chi connectivity index (χ4n) is 2.45. The first-order valence-corrected chi connectivity index (χ1v) is 7.66. The molecule has 3 heterocycles. The van der Waals surface area contributed by atoms with Crippen molar-refractivity contribution in [2.45, 2.75) is 25.8 Å². The molecule has 0 atom stereocenters. The number of nitrogens with zero attached hydrogens (tertiary/aromatic N) is 5. The van der Waals surface area contributed by atoms with E-state index < -0.39 is 5.91 Å². The van der Waals surface area contributed by atoms with Crippen molar-refractivity contribution >= 4 is 34.9 Å². The van der Waals surface area contributed by atoms with Gasteiger partial charge in [0.25, 0.3) is 0 Å². The molecule has 0 spiro atoms. The van der Waals surface area contributed by atoms with Crippen LogP contribution in [0.3, 0.4) is 0 Å². The number of carbonyl (C=O) groups is 1. The molecule has 0 bridgehead atoms. The number of anilines is 1. The van der Waals surface area contributed by atoms with Gasteiger partial charge in [0.15, 0.2) is 11.6 Å². The molecule has 114 valence electrons. The first-order valence-electron chi connectivity index (χ1n) is 6.75. The summed E-state index contributed by atoms with van der Waals surface area (Å²) in [5.74, 6) is -0.0147. The van der Waals surface area contributed by atoms with E-state index in [2.05, 4.69) is 15.5 Å². The molecule has 0 aliphatic carbocycles. The number of halogens is 2. The van der Waals surface area contributed by atoms with Crippen molar-refractivity contribution in [2.24, 2.45) is 0 Å². The van der Waals surface area contributed by atoms with Crippen molar-refractivity contribution in [1.29, 1.82) is 5.26 Å². The summed E-state index contributed by atoms with van der Waals surface area (Å²) in [5, 5.41) is 20.8. The molecule has 3 rings (SSSR count). The third kappa shape index (κ3) is 2.45. The summed E-state index contributed by atoms with van der Waals surface area (Å²) in [5.41, 5.74) is 1.17. The molecular formula is C13H12Cl2N6O. The molecule has 1 aliphatic rings. The average Bonchev–Trinajstić information content (AvgIpc) is 3.08. The van der Waals surface area contributed by atoms with Crippen molar-refractivity contribution < 1.29 is 4.79 Å². The zero-order valence-corrected chi connectivity index (χ0v) is 13.0. The van der Waals surface area contributed by atoms with Crippen molar-refractivity contribution in [3.05, 3.63) is 22.5 Å².